The summed E-state index contributed by atoms with van der Waals surface area (Å²) in [7, 11) is 0. The molecule has 1 aromatic rings. The first kappa shape index (κ1) is 17.1. The average Bonchev–Trinajstić information content (AvgIpc) is 2.41. The Morgan fingerprint density at radius 2 is 2.00 bits per heavy atom. The van der Waals surface area contributed by atoms with Gasteiger partial charge in [0.05, 0.1) is 6.54 Å². The minimum atomic E-state index is -1.01. The van der Waals surface area contributed by atoms with E-state index in [2.05, 4.69) is 20.9 Å². The molecule has 0 bridgehead atoms. The molecule has 11 nitrogen and oxygen atoms in total. The number of nitrogens with one attached hydrogen (secondary N) is 5. The highest BCUT2D eigenvalue weighted by Crippen LogP contribution is 1.83. The highest BCUT2D eigenvalue weighted by molar-refractivity contribution is 5.96. The van der Waals surface area contributed by atoms with Crippen molar-refractivity contribution in [2.75, 3.05) is 13.1 Å². The highest BCUT2D eigenvalue weighted by Gasteiger charge is 2.11. The van der Waals surface area contributed by atoms with E-state index in [1.54, 1.807) is 0 Å². The van der Waals surface area contributed by atoms with E-state index >= 15 is 0 Å². The Morgan fingerprint density at radius 1 is 1.27 bits per heavy atom. The van der Waals surface area contributed by atoms with E-state index in [1.165, 1.54) is 6.20 Å². The number of carbonyl (C=O) groups is 3. The van der Waals surface area contributed by atoms with Gasteiger partial charge in [0, 0.05) is 31.3 Å². The summed E-state index contributed by atoms with van der Waals surface area (Å²) in [6, 6.07) is -0.388. The molecule has 0 aliphatic carbocycles. The molecular weight excluding hydrogens is 298 g/mol. The molecule has 2 heterocycles. The van der Waals surface area contributed by atoms with Gasteiger partial charge in [0.15, 0.2) is 0 Å². The van der Waals surface area contributed by atoms with E-state index in [0.29, 0.717) is 13.0 Å². The molecule has 120 valence electrons. The van der Waals surface area contributed by atoms with Gasteiger partial charge in [-0.1, -0.05) is 0 Å². The number of carboxylic acids is 1. The first-order valence-electron chi connectivity index (χ1n) is 6.19. The summed E-state index contributed by atoms with van der Waals surface area (Å²) in [4.78, 5) is 56.6. The molecule has 2 rings (SSSR count). The molecule has 0 aromatic carbocycles. The number of aromatic nitrogens is 2. The summed E-state index contributed by atoms with van der Waals surface area (Å²) in [5.41, 5.74) is -0.825. The van der Waals surface area contributed by atoms with E-state index < -0.39 is 17.2 Å². The number of hydrogen-bond acceptors (Lipinski definition) is 6. The number of hydrogen-bond donors (Lipinski definition) is 6. The average molecular weight is 313 g/mol. The maximum absolute atomic E-state index is 11.1. The van der Waals surface area contributed by atoms with Crippen LogP contribution in [0.4, 0.5) is 4.79 Å². The van der Waals surface area contributed by atoms with E-state index in [9.17, 15) is 24.0 Å². The van der Waals surface area contributed by atoms with E-state index in [0.717, 1.165) is 0 Å². The summed E-state index contributed by atoms with van der Waals surface area (Å²) in [6.07, 6.45) is 1.64. The van der Waals surface area contributed by atoms with Gasteiger partial charge < -0.3 is 20.7 Å². The van der Waals surface area contributed by atoms with Gasteiger partial charge in [-0.3, -0.25) is 24.7 Å². The molecule has 1 aliphatic heterocycles. The molecule has 1 saturated heterocycles. The summed E-state index contributed by atoms with van der Waals surface area (Å²) >= 11 is 0. The van der Waals surface area contributed by atoms with Crippen LogP contribution in [0.25, 0.3) is 0 Å². The van der Waals surface area contributed by atoms with Crippen molar-refractivity contribution >= 4 is 17.9 Å². The molecule has 3 amide bonds. The van der Waals surface area contributed by atoms with Gasteiger partial charge in [0.25, 0.3) is 5.56 Å². The Bertz CT molecular complexity index is 649. The number of carbonyl (C=O) groups excluding carboxylic acids is 2. The van der Waals surface area contributed by atoms with Crippen LogP contribution in [0.2, 0.25) is 0 Å². The second-order valence-electron chi connectivity index (χ2n) is 4.15. The van der Waals surface area contributed by atoms with Gasteiger partial charge in [-0.15, -0.1) is 0 Å². The Balaban J connectivity index is 0.000000255. The first-order valence-corrected chi connectivity index (χ1v) is 6.19. The van der Waals surface area contributed by atoms with Crippen molar-refractivity contribution in [1.29, 1.82) is 0 Å². The predicted octanol–water partition coefficient (Wildman–Crippen LogP) is -2.55. The lowest BCUT2D eigenvalue weighted by molar-refractivity contribution is -0.136. The second kappa shape index (κ2) is 8.36. The number of aliphatic carboxylic acids is 1. The van der Waals surface area contributed by atoms with Crippen molar-refractivity contribution in [3.63, 3.8) is 0 Å². The molecular formula is C11H15N5O6. The maximum atomic E-state index is 11.1. The van der Waals surface area contributed by atoms with Crippen molar-refractivity contribution in [1.82, 2.24) is 25.9 Å². The zero-order valence-electron chi connectivity index (χ0n) is 11.4. The number of aromatic amines is 2. The Morgan fingerprint density at radius 3 is 2.50 bits per heavy atom. The Kier molecular flexibility index (Phi) is 6.50. The van der Waals surface area contributed by atoms with Crippen molar-refractivity contribution in [2.24, 2.45) is 0 Å². The van der Waals surface area contributed by atoms with Crippen LogP contribution in [0.1, 0.15) is 12.0 Å². The number of urea groups is 1. The zero-order valence-corrected chi connectivity index (χ0v) is 11.4. The Hall–Kier alpha value is -2.95. The minimum Gasteiger partial charge on any atom is -0.480 e. The van der Waals surface area contributed by atoms with Gasteiger partial charge in [0.2, 0.25) is 5.91 Å². The number of imide groups is 1. The van der Waals surface area contributed by atoms with Crippen molar-refractivity contribution in [3.05, 3.63) is 32.6 Å². The van der Waals surface area contributed by atoms with Crippen LogP contribution in [-0.2, 0) is 16.1 Å². The van der Waals surface area contributed by atoms with Gasteiger partial charge in [-0.2, -0.15) is 0 Å². The van der Waals surface area contributed by atoms with Crippen LogP contribution >= 0.6 is 0 Å². The molecule has 0 spiro atoms. The standard InChI is InChI=1S/C7H9N3O4.C4H6N2O2/c11-5(12)3-8-1-4-2-9-7(14)10-6(4)13;7-3-1-2-5-4(8)6-3/h2,8H,1,3H2,(H,11,12)(H2,9,10,13,14);1-2H2,(H2,5,6,7,8). The molecule has 1 fully saturated rings. The van der Waals surface area contributed by atoms with Gasteiger partial charge in [-0.25, -0.2) is 9.59 Å². The van der Waals surface area contributed by atoms with Crippen LogP contribution in [0.3, 0.4) is 0 Å². The monoisotopic (exact) mass is 313 g/mol. The maximum Gasteiger partial charge on any atom is 0.325 e. The van der Waals surface area contributed by atoms with Crippen LogP contribution < -0.4 is 27.2 Å². The van der Waals surface area contributed by atoms with Crippen LogP contribution in [0.5, 0.6) is 0 Å². The molecule has 0 atom stereocenters. The normalized spacial score (nSPS) is 13.5. The lowest BCUT2D eigenvalue weighted by Gasteiger charge is -2.10. The highest BCUT2D eigenvalue weighted by atomic mass is 16.4. The SMILES string of the molecule is O=C(O)CNCc1c[nH]c(=O)[nH]c1=O.O=C1CCNC(=O)N1. The molecule has 22 heavy (non-hydrogen) atoms. The molecule has 0 unspecified atom stereocenters. The lowest BCUT2D eigenvalue weighted by atomic mass is 10.3. The third-order valence-corrected chi connectivity index (χ3v) is 2.38. The summed E-state index contributed by atoms with van der Waals surface area (Å²) in [5, 5.41) is 15.4. The van der Waals surface area contributed by atoms with Gasteiger partial charge in [-0.05, 0) is 0 Å². The van der Waals surface area contributed by atoms with Gasteiger partial charge >= 0.3 is 17.7 Å². The van der Waals surface area contributed by atoms with Crippen LogP contribution in [0.15, 0.2) is 15.8 Å². The summed E-state index contributed by atoms with van der Waals surface area (Å²) in [6.45, 7) is 0.321. The fraction of sp³-hybridized carbons (Fsp3) is 0.364. The van der Waals surface area contributed by atoms with Crippen molar-refractivity contribution in [3.8, 4) is 0 Å². The summed E-state index contributed by atoms with van der Waals surface area (Å²) in [5.74, 6) is -1.21. The fourth-order valence-corrected chi connectivity index (χ4v) is 1.40. The smallest absolute Gasteiger partial charge is 0.325 e. The Labute approximate surface area is 123 Å². The number of rotatable bonds is 4. The largest absolute Gasteiger partial charge is 0.480 e. The molecule has 11 heteroatoms. The van der Waals surface area contributed by atoms with Crippen molar-refractivity contribution in [2.45, 2.75) is 13.0 Å². The molecule has 1 aliphatic rings. The topological polar surface area (TPSA) is 173 Å². The first-order chi connectivity index (χ1) is 10.4. The fourth-order valence-electron chi connectivity index (χ4n) is 1.40. The molecule has 0 saturated carbocycles. The quantitative estimate of drug-likeness (QED) is 0.355. The van der Waals surface area contributed by atoms with E-state index in [-0.39, 0.29) is 30.6 Å². The zero-order chi connectivity index (χ0) is 16.5. The number of H-pyrrole nitrogens is 2. The van der Waals surface area contributed by atoms with E-state index in [4.69, 9.17) is 5.11 Å². The summed E-state index contributed by atoms with van der Waals surface area (Å²) < 4.78 is 0. The van der Waals surface area contributed by atoms with Crippen molar-refractivity contribution < 1.29 is 19.5 Å². The van der Waals surface area contributed by atoms with Crippen LogP contribution in [0, 0.1) is 0 Å². The second-order valence-corrected chi connectivity index (χ2v) is 4.15. The van der Waals surface area contributed by atoms with Crippen LogP contribution in [-0.4, -0.2) is 46.1 Å². The van der Waals surface area contributed by atoms with Gasteiger partial charge in [0.1, 0.15) is 0 Å². The molecule has 6 N–H and O–H groups in total. The number of carboxylic acid groups (broad SMARTS) is 1. The molecule has 0 radical (unpaired) electrons. The molecule has 1 aromatic heterocycles. The number of amides is 3. The minimum absolute atomic E-state index is 0.0956. The third kappa shape index (κ3) is 6.47. The predicted molar refractivity (Wildman–Crippen MR) is 73.2 cm³/mol. The lowest BCUT2D eigenvalue weighted by Crippen LogP contribution is -2.46. The third-order valence-electron chi connectivity index (χ3n) is 2.38. The van der Waals surface area contributed by atoms with E-state index in [1.807, 2.05) is 4.98 Å².